The van der Waals surface area contributed by atoms with Crippen molar-refractivity contribution in [3.8, 4) is 5.75 Å². The zero-order chi connectivity index (χ0) is 23.9. The fourth-order valence-corrected chi connectivity index (χ4v) is 4.17. The summed E-state index contributed by atoms with van der Waals surface area (Å²) >= 11 is 13.5. The largest absolute Gasteiger partial charge is 0.497 e. The van der Waals surface area contributed by atoms with E-state index < -0.39 is 11.6 Å². The van der Waals surface area contributed by atoms with Gasteiger partial charge in [0, 0.05) is 17.8 Å². The number of amides is 2. The van der Waals surface area contributed by atoms with E-state index in [9.17, 15) is 9.59 Å². The van der Waals surface area contributed by atoms with E-state index >= 15 is 0 Å². The Morgan fingerprint density at radius 1 is 1.09 bits per heavy atom. The molecule has 2 rings (SSSR count). The minimum atomic E-state index is -0.626. The Balaban J connectivity index is 2.13. The van der Waals surface area contributed by atoms with E-state index in [2.05, 4.69) is 5.32 Å². The van der Waals surface area contributed by atoms with Crippen molar-refractivity contribution in [1.29, 1.82) is 0 Å². The molecule has 2 aromatic carbocycles. The molecule has 5 nitrogen and oxygen atoms in total. The van der Waals surface area contributed by atoms with Gasteiger partial charge in [0.2, 0.25) is 11.8 Å². The summed E-state index contributed by atoms with van der Waals surface area (Å²) in [6, 6.07) is 12.3. The standard InChI is InChI=1S/C24H30Cl2N2O3S/c1-16(23(30)27-24(2,3)4)28(13-17-7-6-8-19(11-17)31-5)22(29)15-32-14-18-9-10-20(25)21(26)12-18/h6-12,16H,13-15H2,1-5H3,(H,27,30)/t16-/m0/s1. The van der Waals surface area contributed by atoms with Crippen LogP contribution in [0.2, 0.25) is 10.0 Å². The molecule has 0 unspecified atom stereocenters. The lowest BCUT2D eigenvalue weighted by atomic mass is 10.1. The Labute approximate surface area is 204 Å². The monoisotopic (exact) mass is 496 g/mol. The molecular formula is C24H30Cl2N2O3S. The summed E-state index contributed by atoms with van der Waals surface area (Å²) in [4.78, 5) is 27.6. The average molecular weight is 497 g/mol. The molecule has 0 aliphatic rings. The van der Waals surface area contributed by atoms with E-state index in [4.69, 9.17) is 27.9 Å². The quantitative estimate of drug-likeness (QED) is 0.492. The highest BCUT2D eigenvalue weighted by atomic mass is 35.5. The third kappa shape index (κ3) is 8.23. The number of ether oxygens (including phenoxy) is 1. The lowest BCUT2D eigenvalue weighted by Crippen LogP contribution is -2.52. The number of nitrogens with zero attached hydrogens (tertiary/aromatic N) is 1. The van der Waals surface area contributed by atoms with Gasteiger partial charge in [0.1, 0.15) is 11.8 Å². The van der Waals surface area contributed by atoms with Crippen molar-refractivity contribution in [2.45, 2.75) is 51.6 Å². The number of rotatable bonds is 9. The molecule has 0 fully saturated rings. The van der Waals surface area contributed by atoms with Gasteiger partial charge in [0.15, 0.2) is 0 Å². The number of methoxy groups -OCH3 is 1. The second-order valence-corrected chi connectivity index (χ2v) is 10.3. The molecule has 0 heterocycles. The average Bonchev–Trinajstić information content (AvgIpc) is 2.73. The maximum absolute atomic E-state index is 13.2. The van der Waals surface area contributed by atoms with Crippen LogP contribution in [0.15, 0.2) is 42.5 Å². The molecule has 0 aromatic heterocycles. The van der Waals surface area contributed by atoms with Crippen molar-refractivity contribution < 1.29 is 14.3 Å². The topological polar surface area (TPSA) is 58.6 Å². The Hall–Kier alpha value is -1.89. The van der Waals surface area contributed by atoms with Gasteiger partial charge < -0.3 is 15.0 Å². The Kier molecular flexibility index (Phi) is 9.74. The second-order valence-electron chi connectivity index (χ2n) is 8.53. The van der Waals surface area contributed by atoms with Gasteiger partial charge in [-0.3, -0.25) is 9.59 Å². The number of nitrogens with one attached hydrogen (secondary N) is 1. The summed E-state index contributed by atoms with van der Waals surface area (Å²) in [5, 5.41) is 3.95. The van der Waals surface area contributed by atoms with Crippen molar-refractivity contribution in [1.82, 2.24) is 10.2 Å². The van der Waals surface area contributed by atoms with Crippen molar-refractivity contribution in [2.24, 2.45) is 0 Å². The van der Waals surface area contributed by atoms with Gasteiger partial charge in [-0.15, -0.1) is 11.8 Å². The van der Waals surface area contributed by atoms with Crippen LogP contribution in [-0.4, -0.2) is 41.2 Å². The van der Waals surface area contributed by atoms with Crippen molar-refractivity contribution in [3.05, 3.63) is 63.6 Å². The fourth-order valence-electron chi connectivity index (χ4n) is 2.99. The summed E-state index contributed by atoms with van der Waals surface area (Å²) in [7, 11) is 1.60. The van der Waals surface area contributed by atoms with E-state index in [0.29, 0.717) is 28.1 Å². The van der Waals surface area contributed by atoms with Crippen LogP contribution < -0.4 is 10.1 Å². The molecular weight excluding hydrogens is 467 g/mol. The number of thioether (sulfide) groups is 1. The van der Waals surface area contributed by atoms with Gasteiger partial charge in [-0.05, 0) is 63.1 Å². The van der Waals surface area contributed by atoms with Crippen LogP contribution in [0.4, 0.5) is 0 Å². The highest BCUT2D eigenvalue weighted by Gasteiger charge is 2.28. The summed E-state index contributed by atoms with van der Waals surface area (Å²) < 4.78 is 5.30. The minimum absolute atomic E-state index is 0.116. The molecule has 0 aliphatic heterocycles. The van der Waals surface area contributed by atoms with Crippen LogP contribution in [0.25, 0.3) is 0 Å². The number of carbonyl (C=O) groups is 2. The first-order valence-electron chi connectivity index (χ1n) is 10.3. The van der Waals surface area contributed by atoms with Crippen LogP contribution in [0.1, 0.15) is 38.8 Å². The van der Waals surface area contributed by atoms with E-state index in [0.717, 1.165) is 11.1 Å². The first kappa shape index (κ1) is 26.4. The van der Waals surface area contributed by atoms with Crippen molar-refractivity contribution >= 4 is 46.8 Å². The lowest BCUT2D eigenvalue weighted by Gasteiger charge is -2.31. The third-order valence-corrected chi connectivity index (χ3v) is 6.36. The smallest absolute Gasteiger partial charge is 0.242 e. The highest BCUT2D eigenvalue weighted by Crippen LogP contribution is 2.25. The van der Waals surface area contributed by atoms with Gasteiger partial charge in [-0.2, -0.15) is 0 Å². The van der Waals surface area contributed by atoms with E-state index in [1.165, 1.54) is 11.8 Å². The predicted molar refractivity (Wildman–Crippen MR) is 134 cm³/mol. The molecule has 1 atom stereocenters. The van der Waals surface area contributed by atoms with Crippen LogP contribution >= 0.6 is 35.0 Å². The molecule has 0 aliphatic carbocycles. The second kappa shape index (κ2) is 11.8. The predicted octanol–water partition coefficient (Wildman–Crippen LogP) is 5.57. The molecule has 0 saturated carbocycles. The van der Waals surface area contributed by atoms with Crippen LogP contribution in [0.3, 0.4) is 0 Å². The molecule has 0 spiro atoms. The van der Waals surface area contributed by atoms with Gasteiger partial charge in [0.25, 0.3) is 0 Å². The van der Waals surface area contributed by atoms with E-state index in [1.807, 2.05) is 51.1 Å². The highest BCUT2D eigenvalue weighted by molar-refractivity contribution is 7.99. The molecule has 2 amide bonds. The van der Waals surface area contributed by atoms with Gasteiger partial charge in [0.05, 0.1) is 22.9 Å². The normalized spacial score (nSPS) is 12.2. The summed E-state index contributed by atoms with van der Waals surface area (Å²) in [5.41, 5.74) is 1.48. The zero-order valence-corrected chi connectivity index (χ0v) is 21.4. The molecule has 0 saturated heterocycles. The summed E-state index contributed by atoms with van der Waals surface area (Å²) in [5.74, 6) is 1.24. The zero-order valence-electron chi connectivity index (χ0n) is 19.1. The molecule has 0 radical (unpaired) electrons. The Morgan fingerprint density at radius 2 is 1.81 bits per heavy atom. The Bertz CT molecular complexity index is 947. The molecule has 2 aromatic rings. The SMILES string of the molecule is COc1cccc(CN(C(=O)CSCc2ccc(Cl)c(Cl)c2)[C@@H](C)C(=O)NC(C)(C)C)c1. The molecule has 8 heteroatoms. The minimum Gasteiger partial charge on any atom is -0.497 e. The molecule has 1 N–H and O–H groups in total. The van der Waals surface area contributed by atoms with Crippen LogP contribution in [-0.2, 0) is 21.9 Å². The summed E-state index contributed by atoms with van der Waals surface area (Å²) in [6.45, 7) is 7.81. The lowest BCUT2D eigenvalue weighted by molar-refractivity contribution is -0.139. The van der Waals surface area contributed by atoms with E-state index in [1.54, 1.807) is 31.1 Å². The Morgan fingerprint density at radius 3 is 2.44 bits per heavy atom. The number of carbonyl (C=O) groups excluding carboxylic acids is 2. The molecule has 174 valence electrons. The van der Waals surface area contributed by atoms with Gasteiger partial charge >= 0.3 is 0 Å². The van der Waals surface area contributed by atoms with Crippen LogP contribution in [0.5, 0.6) is 5.75 Å². The van der Waals surface area contributed by atoms with Crippen molar-refractivity contribution in [2.75, 3.05) is 12.9 Å². The molecule has 0 bridgehead atoms. The fraction of sp³-hybridized carbons (Fsp3) is 0.417. The van der Waals surface area contributed by atoms with Crippen molar-refractivity contribution in [3.63, 3.8) is 0 Å². The maximum Gasteiger partial charge on any atom is 0.242 e. The molecule has 32 heavy (non-hydrogen) atoms. The van der Waals surface area contributed by atoms with Crippen LogP contribution in [0, 0.1) is 0 Å². The van der Waals surface area contributed by atoms with Gasteiger partial charge in [-0.1, -0.05) is 41.4 Å². The number of benzene rings is 2. The maximum atomic E-state index is 13.2. The third-order valence-electron chi connectivity index (χ3n) is 4.63. The first-order chi connectivity index (χ1) is 15.0. The number of halogens is 2. The van der Waals surface area contributed by atoms with E-state index in [-0.39, 0.29) is 17.6 Å². The first-order valence-corrected chi connectivity index (χ1v) is 12.2. The summed E-state index contributed by atoms with van der Waals surface area (Å²) in [6.07, 6.45) is 0. The number of hydrogen-bond acceptors (Lipinski definition) is 4. The number of hydrogen-bond donors (Lipinski definition) is 1. The van der Waals surface area contributed by atoms with Gasteiger partial charge in [-0.25, -0.2) is 0 Å².